The topological polar surface area (TPSA) is 56.5 Å². The molecule has 2 aromatic rings. The van der Waals surface area contributed by atoms with Crippen LogP contribution in [-0.4, -0.2) is 21.8 Å². The molecule has 0 fully saturated rings. The van der Waals surface area contributed by atoms with Crippen LogP contribution in [0.4, 0.5) is 0 Å². The molecule has 2 aliphatic heterocycles. The highest BCUT2D eigenvalue weighted by atomic mass is 35.5. The highest BCUT2D eigenvalue weighted by Crippen LogP contribution is 2.37. The molecule has 0 atom stereocenters. The van der Waals surface area contributed by atoms with Crippen molar-refractivity contribution in [1.29, 1.82) is 5.41 Å². The third kappa shape index (κ3) is 2.92. The van der Waals surface area contributed by atoms with Gasteiger partial charge in [0.1, 0.15) is 5.84 Å². The Labute approximate surface area is 154 Å². The number of hydrogen-bond donors (Lipinski definition) is 1. The lowest BCUT2D eigenvalue weighted by Gasteiger charge is -2.26. The number of halogens is 1. The van der Waals surface area contributed by atoms with Crippen molar-refractivity contribution in [1.82, 2.24) is 4.90 Å². The summed E-state index contributed by atoms with van der Waals surface area (Å²) in [6.45, 7) is 0. The summed E-state index contributed by atoms with van der Waals surface area (Å²) >= 11 is 7.36. The van der Waals surface area contributed by atoms with E-state index >= 15 is 0 Å². The minimum absolute atomic E-state index is 0.120. The molecule has 0 unspecified atom stereocenters. The summed E-state index contributed by atoms with van der Waals surface area (Å²) in [6.07, 6.45) is 1.66. The van der Waals surface area contributed by atoms with Gasteiger partial charge in [-0.2, -0.15) is 4.99 Å². The SMILES string of the molecule is N=C1C(=Cc2cccc(Cl)c2)C(=O)N=C2SC=C(c3ccccc3)N12. The van der Waals surface area contributed by atoms with E-state index in [9.17, 15) is 4.79 Å². The number of carbonyl (C=O) groups excluding carboxylic acids is 1. The number of carbonyl (C=O) groups is 1. The number of fused-ring (bicyclic) bond motifs is 1. The van der Waals surface area contributed by atoms with E-state index in [1.165, 1.54) is 11.8 Å². The molecule has 122 valence electrons. The van der Waals surface area contributed by atoms with E-state index in [1.807, 2.05) is 41.8 Å². The number of nitrogens with zero attached hydrogens (tertiary/aromatic N) is 2. The van der Waals surface area contributed by atoms with Gasteiger partial charge in [0.25, 0.3) is 5.91 Å². The van der Waals surface area contributed by atoms with E-state index in [-0.39, 0.29) is 11.4 Å². The van der Waals surface area contributed by atoms with Crippen LogP contribution < -0.4 is 0 Å². The number of hydrogen-bond acceptors (Lipinski definition) is 3. The molecule has 0 aromatic heterocycles. The summed E-state index contributed by atoms with van der Waals surface area (Å²) in [5, 5.41) is 11.6. The van der Waals surface area contributed by atoms with Gasteiger partial charge in [-0.1, -0.05) is 65.8 Å². The lowest BCUT2D eigenvalue weighted by atomic mass is 10.1. The van der Waals surface area contributed by atoms with Gasteiger partial charge in [0.15, 0.2) is 5.17 Å². The minimum atomic E-state index is -0.411. The van der Waals surface area contributed by atoms with Crippen LogP contribution in [-0.2, 0) is 4.79 Å². The quantitative estimate of drug-likeness (QED) is 0.788. The lowest BCUT2D eigenvalue weighted by Crippen LogP contribution is -2.38. The molecule has 0 saturated heterocycles. The molecule has 25 heavy (non-hydrogen) atoms. The Morgan fingerprint density at radius 1 is 1.12 bits per heavy atom. The van der Waals surface area contributed by atoms with E-state index in [0.29, 0.717) is 10.2 Å². The fourth-order valence-corrected chi connectivity index (χ4v) is 3.77. The number of benzene rings is 2. The summed E-state index contributed by atoms with van der Waals surface area (Å²) in [7, 11) is 0. The van der Waals surface area contributed by atoms with E-state index in [1.54, 1.807) is 29.2 Å². The molecule has 1 N–H and O–H groups in total. The van der Waals surface area contributed by atoms with Crippen LogP contribution in [0, 0.1) is 5.41 Å². The first kappa shape index (κ1) is 15.9. The van der Waals surface area contributed by atoms with Gasteiger partial charge in [0.2, 0.25) is 0 Å². The molecule has 0 radical (unpaired) electrons. The van der Waals surface area contributed by atoms with Crippen LogP contribution in [0.1, 0.15) is 11.1 Å². The van der Waals surface area contributed by atoms with Crippen LogP contribution in [0.5, 0.6) is 0 Å². The van der Waals surface area contributed by atoms with Gasteiger partial charge >= 0.3 is 0 Å². The molecular weight excluding hydrogens is 354 g/mol. The molecule has 1 amide bonds. The van der Waals surface area contributed by atoms with Crippen LogP contribution in [0.25, 0.3) is 11.8 Å². The second-order valence-electron chi connectivity index (χ2n) is 5.48. The van der Waals surface area contributed by atoms with Crippen molar-refractivity contribution >= 4 is 52.0 Å². The van der Waals surface area contributed by atoms with Gasteiger partial charge < -0.3 is 0 Å². The first-order chi connectivity index (χ1) is 12.1. The van der Waals surface area contributed by atoms with Crippen molar-refractivity contribution in [3.05, 3.63) is 81.7 Å². The van der Waals surface area contributed by atoms with E-state index in [4.69, 9.17) is 17.0 Å². The fraction of sp³-hybridized carbons (Fsp3) is 0. The average molecular weight is 366 g/mol. The Hall–Kier alpha value is -2.63. The molecule has 0 spiro atoms. The van der Waals surface area contributed by atoms with Gasteiger partial charge in [0.05, 0.1) is 11.3 Å². The van der Waals surface area contributed by atoms with Crippen LogP contribution >= 0.6 is 23.4 Å². The molecule has 2 heterocycles. The van der Waals surface area contributed by atoms with Crippen molar-refractivity contribution < 1.29 is 4.79 Å². The lowest BCUT2D eigenvalue weighted by molar-refractivity contribution is -0.114. The summed E-state index contributed by atoms with van der Waals surface area (Å²) in [5.41, 5.74) is 2.83. The van der Waals surface area contributed by atoms with E-state index in [2.05, 4.69) is 4.99 Å². The van der Waals surface area contributed by atoms with E-state index < -0.39 is 5.91 Å². The predicted octanol–water partition coefficient (Wildman–Crippen LogP) is 4.64. The van der Waals surface area contributed by atoms with Gasteiger partial charge in [0, 0.05) is 10.4 Å². The molecule has 0 aliphatic carbocycles. The standard InChI is InChI=1S/C19H12ClN3OS/c20-14-8-4-5-12(9-14)10-15-17(21)23-16(13-6-2-1-3-7-13)11-25-19(23)22-18(15)24/h1-11,21H. The number of thioether (sulfide) groups is 1. The maximum absolute atomic E-state index is 12.4. The Bertz CT molecular complexity index is 979. The number of amidine groups is 2. The number of rotatable bonds is 2. The zero-order valence-corrected chi connectivity index (χ0v) is 14.5. The minimum Gasteiger partial charge on any atom is -0.283 e. The summed E-state index contributed by atoms with van der Waals surface area (Å²) < 4.78 is 0. The van der Waals surface area contributed by atoms with Crippen molar-refractivity contribution in [3.63, 3.8) is 0 Å². The van der Waals surface area contributed by atoms with Crippen molar-refractivity contribution in [2.75, 3.05) is 0 Å². The number of nitrogens with one attached hydrogen (secondary N) is 1. The highest BCUT2D eigenvalue weighted by molar-refractivity contribution is 8.17. The Morgan fingerprint density at radius 3 is 2.68 bits per heavy atom. The Morgan fingerprint density at radius 2 is 1.92 bits per heavy atom. The first-order valence-electron chi connectivity index (χ1n) is 7.55. The molecule has 2 aromatic carbocycles. The third-order valence-corrected chi connectivity index (χ3v) is 4.90. The average Bonchev–Trinajstić information content (AvgIpc) is 3.03. The predicted molar refractivity (Wildman–Crippen MR) is 103 cm³/mol. The smallest absolute Gasteiger partial charge is 0.283 e. The molecule has 6 heteroatoms. The maximum atomic E-state index is 12.4. The normalized spacial score (nSPS) is 18.3. The zero-order chi connectivity index (χ0) is 17.4. The molecule has 2 aliphatic rings. The second-order valence-corrected chi connectivity index (χ2v) is 6.76. The summed E-state index contributed by atoms with van der Waals surface area (Å²) in [6, 6.07) is 16.9. The van der Waals surface area contributed by atoms with Crippen molar-refractivity contribution in [2.45, 2.75) is 0 Å². The van der Waals surface area contributed by atoms with Crippen molar-refractivity contribution in [3.8, 4) is 0 Å². The molecule has 0 bridgehead atoms. The van der Waals surface area contributed by atoms with Gasteiger partial charge in [-0.15, -0.1) is 0 Å². The highest BCUT2D eigenvalue weighted by Gasteiger charge is 2.36. The van der Waals surface area contributed by atoms with Gasteiger partial charge in [-0.25, -0.2) is 0 Å². The van der Waals surface area contributed by atoms with Crippen LogP contribution in [0.15, 0.2) is 70.6 Å². The van der Waals surface area contributed by atoms with Crippen LogP contribution in [0.2, 0.25) is 5.02 Å². The van der Waals surface area contributed by atoms with Gasteiger partial charge in [-0.3, -0.25) is 15.1 Å². The molecule has 4 rings (SSSR count). The summed E-state index contributed by atoms with van der Waals surface area (Å²) in [4.78, 5) is 18.2. The Balaban J connectivity index is 1.75. The molecule has 0 saturated carbocycles. The number of aliphatic imine (C=N–C) groups is 1. The maximum Gasteiger partial charge on any atom is 0.283 e. The number of amides is 1. The second kappa shape index (κ2) is 6.35. The van der Waals surface area contributed by atoms with Gasteiger partial charge in [-0.05, 0) is 29.3 Å². The largest absolute Gasteiger partial charge is 0.283 e. The monoisotopic (exact) mass is 365 g/mol. The van der Waals surface area contributed by atoms with Crippen molar-refractivity contribution in [2.24, 2.45) is 4.99 Å². The van der Waals surface area contributed by atoms with Crippen LogP contribution in [0.3, 0.4) is 0 Å². The summed E-state index contributed by atoms with van der Waals surface area (Å²) in [5.74, 6) is -0.290. The molecular formula is C19H12ClN3OS. The first-order valence-corrected chi connectivity index (χ1v) is 8.81. The molecule has 4 nitrogen and oxygen atoms in total. The fourth-order valence-electron chi connectivity index (χ4n) is 2.68. The third-order valence-electron chi connectivity index (χ3n) is 3.84. The Kier molecular flexibility index (Phi) is 4.03. The van der Waals surface area contributed by atoms with E-state index in [0.717, 1.165) is 16.8 Å². The zero-order valence-electron chi connectivity index (χ0n) is 12.9.